The maximum atomic E-state index is 12.6. The number of thioether (sulfide) groups is 1. The summed E-state index contributed by atoms with van der Waals surface area (Å²) >= 11 is 1.96. The van der Waals surface area contributed by atoms with E-state index in [4.69, 9.17) is 0 Å². The summed E-state index contributed by atoms with van der Waals surface area (Å²) in [5.41, 5.74) is 2.66. The van der Waals surface area contributed by atoms with Crippen molar-refractivity contribution in [1.29, 1.82) is 0 Å². The van der Waals surface area contributed by atoms with E-state index in [9.17, 15) is 4.79 Å². The van der Waals surface area contributed by atoms with Crippen LogP contribution in [0, 0.1) is 0 Å². The van der Waals surface area contributed by atoms with Gasteiger partial charge in [0.2, 0.25) is 5.91 Å². The monoisotopic (exact) mass is 564 g/mol. The lowest BCUT2D eigenvalue weighted by Crippen LogP contribution is -2.42. The van der Waals surface area contributed by atoms with Crippen LogP contribution in [0.15, 0.2) is 64.5 Å². The van der Waals surface area contributed by atoms with Gasteiger partial charge >= 0.3 is 0 Å². The summed E-state index contributed by atoms with van der Waals surface area (Å²) in [5, 5.41) is 6.84. The summed E-state index contributed by atoms with van der Waals surface area (Å²) in [6.07, 6.45) is 4.79. The molecule has 2 N–H and O–H groups in total. The molecule has 2 aliphatic rings. The Morgan fingerprint density at radius 1 is 1.06 bits per heavy atom. The maximum Gasteiger partial charge on any atom is 0.222 e. The number of nitrogens with one attached hydrogen (secondary N) is 2. The molecule has 4 rings (SSSR count). The number of carbonyl (C=O) groups excluding carboxylic acids is 1. The van der Waals surface area contributed by atoms with Crippen LogP contribution in [0.1, 0.15) is 36.8 Å². The number of benzene rings is 2. The van der Waals surface area contributed by atoms with Crippen LogP contribution in [0.4, 0.5) is 0 Å². The van der Waals surface area contributed by atoms with Crippen LogP contribution < -0.4 is 10.6 Å². The quantitative estimate of drug-likeness (QED) is 0.215. The number of halogens is 1. The largest absolute Gasteiger partial charge is 0.356 e. The van der Waals surface area contributed by atoms with Crippen molar-refractivity contribution >= 4 is 47.6 Å². The van der Waals surface area contributed by atoms with Gasteiger partial charge in [0, 0.05) is 49.3 Å². The van der Waals surface area contributed by atoms with Gasteiger partial charge in [-0.1, -0.05) is 42.5 Å². The Labute approximate surface area is 212 Å². The third-order valence-corrected chi connectivity index (χ3v) is 7.52. The first kappa shape index (κ1) is 24.9. The summed E-state index contributed by atoms with van der Waals surface area (Å²) in [4.78, 5) is 20.3. The number of hydrogen-bond acceptors (Lipinski definition) is 3. The number of guanidine groups is 1. The molecule has 1 fully saturated rings. The SMILES string of the molecule is CN=C(NCCCC(=O)N1CCc2ccccc2C1)NCC1(Sc2ccccc2)CC1.I. The normalized spacial score (nSPS) is 16.5. The van der Waals surface area contributed by atoms with Crippen molar-refractivity contribution in [3.63, 3.8) is 0 Å². The number of amides is 1. The molecule has 0 aromatic heterocycles. The topological polar surface area (TPSA) is 56.7 Å². The van der Waals surface area contributed by atoms with Crippen molar-refractivity contribution in [3.05, 3.63) is 65.7 Å². The van der Waals surface area contributed by atoms with E-state index in [0.717, 1.165) is 45.0 Å². The molecule has 2 aromatic carbocycles. The average molecular weight is 565 g/mol. The lowest BCUT2D eigenvalue weighted by atomic mass is 9.99. The number of rotatable bonds is 8. The number of aliphatic imine (C=N–C) groups is 1. The minimum Gasteiger partial charge on any atom is -0.356 e. The highest BCUT2D eigenvalue weighted by Crippen LogP contribution is 2.51. The van der Waals surface area contributed by atoms with E-state index in [1.165, 1.54) is 28.9 Å². The molecule has 1 saturated carbocycles. The number of carbonyl (C=O) groups is 1. The van der Waals surface area contributed by atoms with E-state index in [1.54, 1.807) is 7.05 Å². The molecule has 0 saturated heterocycles. The fraction of sp³-hybridized carbons (Fsp3) is 0.440. The summed E-state index contributed by atoms with van der Waals surface area (Å²) in [5.74, 6) is 1.06. The molecule has 2 aromatic rings. The molecule has 5 nitrogen and oxygen atoms in total. The van der Waals surface area contributed by atoms with Gasteiger partial charge in [-0.3, -0.25) is 9.79 Å². The molecule has 0 unspecified atom stereocenters. The molecule has 1 aliphatic carbocycles. The molecule has 0 spiro atoms. The Balaban J connectivity index is 0.00000289. The molecule has 0 bridgehead atoms. The molecule has 1 heterocycles. The van der Waals surface area contributed by atoms with Crippen LogP contribution >= 0.6 is 35.7 Å². The summed E-state index contributed by atoms with van der Waals surface area (Å²) in [7, 11) is 1.80. The second-order valence-electron chi connectivity index (χ2n) is 8.39. The van der Waals surface area contributed by atoms with Crippen LogP contribution in [0.25, 0.3) is 0 Å². The van der Waals surface area contributed by atoms with E-state index < -0.39 is 0 Å². The molecule has 1 amide bonds. The average Bonchev–Trinajstić information content (AvgIpc) is 3.58. The van der Waals surface area contributed by atoms with Crippen LogP contribution in [0.5, 0.6) is 0 Å². The van der Waals surface area contributed by atoms with Gasteiger partial charge in [0.05, 0.1) is 0 Å². The predicted molar refractivity (Wildman–Crippen MR) is 144 cm³/mol. The molecule has 7 heteroatoms. The molecule has 172 valence electrons. The molecule has 32 heavy (non-hydrogen) atoms. The van der Waals surface area contributed by atoms with Gasteiger partial charge in [0.1, 0.15) is 0 Å². The Hall–Kier alpha value is -1.74. The highest BCUT2D eigenvalue weighted by atomic mass is 127. The van der Waals surface area contributed by atoms with Gasteiger partial charge in [-0.05, 0) is 48.9 Å². The van der Waals surface area contributed by atoms with Gasteiger partial charge in [0.25, 0.3) is 0 Å². The Bertz CT molecular complexity index is 917. The van der Waals surface area contributed by atoms with Crippen molar-refractivity contribution in [2.45, 2.75) is 48.3 Å². The standard InChI is InChI=1S/C25H32N4OS.HI/c1-26-24(28-19-25(14-15-25)31-22-10-3-2-4-11-22)27-16-7-12-23(30)29-17-13-20-8-5-6-9-21(20)18-29;/h2-6,8-11H,7,12-19H2,1H3,(H2,26,27,28);1H. The van der Waals surface area contributed by atoms with Gasteiger partial charge in [-0.2, -0.15) is 0 Å². The molecular formula is C25H33IN4OS. The van der Waals surface area contributed by atoms with Crippen molar-refractivity contribution < 1.29 is 4.79 Å². The van der Waals surface area contributed by atoms with Crippen molar-refractivity contribution in [3.8, 4) is 0 Å². The number of fused-ring (bicyclic) bond motifs is 1. The predicted octanol–water partition coefficient (Wildman–Crippen LogP) is 4.46. The maximum absolute atomic E-state index is 12.6. The van der Waals surface area contributed by atoms with Crippen LogP contribution in [-0.2, 0) is 17.8 Å². The van der Waals surface area contributed by atoms with E-state index in [-0.39, 0.29) is 34.6 Å². The Kier molecular flexibility index (Phi) is 9.28. The number of hydrogen-bond donors (Lipinski definition) is 2. The Morgan fingerprint density at radius 2 is 1.78 bits per heavy atom. The van der Waals surface area contributed by atoms with Gasteiger partial charge in [0.15, 0.2) is 5.96 Å². The van der Waals surface area contributed by atoms with Crippen molar-refractivity contribution in [1.82, 2.24) is 15.5 Å². The molecular weight excluding hydrogens is 531 g/mol. The summed E-state index contributed by atoms with van der Waals surface area (Å²) < 4.78 is 0.277. The van der Waals surface area contributed by atoms with Gasteiger partial charge in [-0.15, -0.1) is 35.7 Å². The highest BCUT2D eigenvalue weighted by Gasteiger charge is 2.43. The minimum absolute atomic E-state index is 0. The third-order valence-electron chi connectivity index (χ3n) is 6.03. The fourth-order valence-electron chi connectivity index (χ4n) is 3.97. The first-order valence-corrected chi connectivity index (χ1v) is 12.0. The van der Waals surface area contributed by atoms with E-state index in [2.05, 4.69) is 70.2 Å². The zero-order chi connectivity index (χ0) is 21.5. The first-order valence-electron chi connectivity index (χ1n) is 11.2. The fourth-order valence-corrected chi connectivity index (χ4v) is 5.22. The molecule has 0 radical (unpaired) electrons. The third kappa shape index (κ3) is 6.88. The molecule has 1 aliphatic heterocycles. The Morgan fingerprint density at radius 3 is 2.50 bits per heavy atom. The lowest BCUT2D eigenvalue weighted by Gasteiger charge is -2.29. The lowest BCUT2D eigenvalue weighted by molar-refractivity contribution is -0.132. The zero-order valence-electron chi connectivity index (χ0n) is 18.7. The highest BCUT2D eigenvalue weighted by molar-refractivity contribution is 14.0. The zero-order valence-corrected chi connectivity index (χ0v) is 21.8. The number of nitrogens with zero attached hydrogens (tertiary/aromatic N) is 2. The van der Waals surface area contributed by atoms with E-state index in [0.29, 0.717) is 6.42 Å². The van der Waals surface area contributed by atoms with E-state index >= 15 is 0 Å². The second kappa shape index (κ2) is 11.9. The van der Waals surface area contributed by atoms with E-state index in [1.807, 2.05) is 16.7 Å². The minimum atomic E-state index is 0. The first-order chi connectivity index (χ1) is 15.2. The summed E-state index contributed by atoms with van der Waals surface area (Å²) in [6, 6.07) is 19.0. The molecule has 0 atom stereocenters. The van der Waals surface area contributed by atoms with Crippen LogP contribution in [0.3, 0.4) is 0 Å². The summed E-state index contributed by atoms with van der Waals surface area (Å²) in [6.45, 7) is 3.22. The van der Waals surface area contributed by atoms with Crippen LogP contribution in [0.2, 0.25) is 0 Å². The second-order valence-corrected chi connectivity index (χ2v) is 9.93. The van der Waals surface area contributed by atoms with Crippen molar-refractivity contribution in [2.24, 2.45) is 4.99 Å². The van der Waals surface area contributed by atoms with Crippen LogP contribution in [-0.4, -0.2) is 48.2 Å². The smallest absolute Gasteiger partial charge is 0.222 e. The van der Waals surface area contributed by atoms with Crippen molar-refractivity contribution in [2.75, 3.05) is 26.7 Å². The van der Waals surface area contributed by atoms with Gasteiger partial charge in [-0.25, -0.2) is 0 Å². The van der Waals surface area contributed by atoms with Gasteiger partial charge < -0.3 is 15.5 Å².